The Hall–Kier alpha value is -0.910. The topological polar surface area (TPSA) is 41.6 Å². The van der Waals surface area contributed by atoms with E-state index in [2.05, 4.69) is 47.8 Å². The number of nitrogens with one attached hydrogen (secondary N) is 1. The third kappa shape index (κ3) is 5.08. The molecule has 1 aliphatic heterocycles. The van der Waals surface area contributed by atoms with Crippen molar-refractivity contribution >= 4 is 17.2 Å². The molecule has 1 saturated carbocycles. The lowest BCUT2D eigenvalue weighted by Crippen LogP contribution is -2.39. The van der Waals surface area contributed by atoms with E-state index in [1.54, 1.807) is 11.3 Å². The number of rotatable bonds is 9. The smallest absolute Gasteiger partial charge is 0.225 e. The largest absolute Gasteiger partial charge is 0.378 e. The molecule has 1 N–H and O–H groups in total. The molecule has 2 fully saturated rings. The molecule has 2 aliphatic rings. The maximum absolute atomic E-state index is 13.0. The molecule has 3 rings (SSSR count). The van der Waals surface area contributed by atoms with Crippen molar-refractivity contribution in [1.29, 1.82) is 0 Å². The molecule has 1 spiro atoms. The van der Waals surface area contributed by atoms with E-state index < -0.39 is 0 Å². The van der Waals surface area contributed by atoms with Crippen molar-refractivity contribution in [2.24, 2.45) is 11.3 Å². The molecule has 5 heteroatoms. The number of hydrogen-bond donors (Lipinski definition) is 1. The molecular weight excluding hydrogens is 344 g/mol. The first-order valence-electron chi connectivity index (χ1n) is 10.1. The summed E-state index contributed by atoms with van der Waals surface area (Å²) in [5.41, 5.74) is 1.64. The Bertz CT molecular complexity index is 567. The van der Waals surface area contributed by atoms with Gasteiger partial charge in [0.1, 0.15) is 0 Å². The fourth-order valence-corrected chi connectivity index (χ4v) is 5.06. The van der Waals surface area contributed by atoms with Crippen molar-refractivity contribution in [2.45, 2.75) is 71.6 Å². The highest BCUT2D eigenvalue weighted by atomic mass is 32.1. The van der Waals surface area contributed by atoms with Crippen molar-refractivity contribution in [3.05, 3.63) is 22.4 Å². The Morgan fingerprint density at radius 3 is 2.81 bits per heavy atom. The summed E-state index contributed by atoms with van der Waals surface area (Å²) in [7, 11) is 0. The van der Waals surface area contributed by atoms with Gasteiger partial charge >= 0.3 is 0 Å². The van der Waals surface area contributed by atoms with Crippen LogP contribution >= 0.6 is 11.3 Å². The Balaban J connectivity index is 1.56. The SMILES string of the molecule is CC(C)CC(C)OCCC(=O)N(Cc1ccsc1)C1CC12CCNCC2. The fourth-order valence-electron chi connectivity index (χ4n) is 4.40. The standard InChI is InChI=1S/C21H34N2O2S/c1-16(2)12-17(3)25-10-4-20(24)23(14-18-5-11-26-15-18)19-13-21(19)6-8-22-9-7-21/h5,11,15-17,19,22H,4,6-10,12-14H2,1-3H3. The van der Waals surface area contributed by atoms with Crippen molar-refractivity contribution in [3.8, 4) is 0 Å². The zero-order valence-electron chi connectivity index (χ0n) is 16.5. The van der Waals surface area contributed by atoms with Crippen molar-refractivity contribution in [1.82, 2.24) is 10.2 Å². The van der Waals surface area contributed by atoms with Gasteiger partial charge in [-0.1, -0.05) is 13.8 Å². The Morgan fingerprint density at radius 1 is 1.38 bits per heavy atom. The van der Waals surface area contributed by atoms with Crippen LogP contribution in [0.1, 0.15) is 58.4 Å². The molecule has 0 bridgehead atoms. The third-order valence-electron chi connectivity index (χ3n) is 5.90. The highest BCUT2D eigenvalue weighted by Gasteiger charge is 2.57. The molecule has 1 saturated heterocycles. The van der Waals surface area contributed by atoms with Gasteiger partial charge in [0.15, 0.2) is 0 Å². The van der Waals surface area contributed by atoms with E-state index in [0.717, 1.165) is 26.1 Å². The molecule has 2 unspecified atom stereocenters. The lowest BCUT2D eigenvalue weighted by atomic mass is 9.93. The van der Waals surface area contributed by atoms with Gasteiger partial charge in [-0.2, -0.15) is 11.3 Å². The summed E-state index contributed by atoms with van der Waals surface area (Å²) in [6, 6.07) is 2.56. The average molecular weight is 379 g/mol. The van der Waals surface area contributed by atoms with Crippen LogP contribution in [0.5, 0.6) is 0 Å². The van der Waals surface area contributed by atoms with Gasteiger partial charge in [0.05, 0.1) is 19.1 Å². The normalized spacial score (nSPS) is 22.5. The van der Waals surface area contributed by atoms with Gasteiger partial charge in [-0.25, -0.2) is 0 Å². The maximum Gasteiger partial charge on any atom is 0.225 e. The second kappa shape index (κ2) is 8.85. The van der Waals surface area contributed by atoms with Gasteiger partial charge in [-0.3, -0.25) is 4.79 Å². The predicted octanol–water partition coefficient (Wildman–Crippen LogP) is 4.06. The summed E-state index contributed by atoms with van der Waals surface area (Å²) >= 11 is 1.71. The van der Waals surface area contributed by atoms with E-state index in [1.165, 1.54) is 24.8 Å². The maximum atomic E-state index is 13.0. The summed E-state index contributed by atoms with van der Waals surface area (Å²) in [6.07, 6.45) is 5.35. The van der Waals surface area contributed by atoms with Gasteiger partial charge in [0.25, 0.3) is 0 Å². The van der Waals surface area contributed by atoms with Crippen molar-refractivity contribution in [2.75, 3.05) is 19.7 Å². The first-order chi connectivity index (χ1) is 12.5. The molecule has 26 heavy (non-hydrogen) atoms. The first kappa shape index (κ1) is 19.8. The number of nitrogens with zero attached hydrogens (tertiary/aromatic N) is 1. The molecule has 146 valence electrons. The van der Waals surface area contributed by atoms with Gasteiger partial charge in [-0.15, -0.1) is 0 Å². The number of carbonyl (C=O) groups excluding carboxylic acids is 1. The zero-order chi connectivity index (χ0) is 18.6. The summed E-state index contributed by atoms with van der Waals surface area (Å²) in [5.74, 6) is 0.885. The number of amides is 1. The molecule has 0 radical (unpaired) electrons. The average Bonchev–Trinajstić information content (AvgIpc) is 3.03. The fraction of sp³-hybridized carbons (Fsp3) is 0.762. The van der Waals surface area contributed by atoms with Crippen molar-refractivity contribution in [3.63, 3.8) is 0 Å². The summed E-state index contributed by atoms with van der Waals surface area (Å²) in [4.78, 5) is 15.2. The van der Waals surface area contributed by atoms with E-state index >= 15 is 0 Å². The molecule has 2 heterocycles. The molecule has 0 aromatic carbocycles. The van der Waals surface area contributed by atoms with Crippen LogP contribution in [0.4, 0.5) is 0 Å². The summed E-state index contributed by atoms with van der Waals surface area (Å²) < 4.78 is 5.89. The number of hydrogen-bond acceptors (Lipinski definition) is 4. The van der Waals surface area contributed by atoms with Crippen LogP contribution in [0.3, 0.4) is 0 Å². The van der Waals surface area contributed by atoms with E-state index in [9.17, 15) is 4.79 Å². The van der Waals surface area contributed by atoms with Crippen LogP contribution in [0.2, 0.25) is 0 Å². The second-order valence-corrected chi connectivity index (χ2v) is 9.33. The van der Waals surface area contributed by atoms with Gasteiger partial charge in [-0.05, 0) is 79.4 Å². The quantitative estimate of drug-likeness (QED) is 0.704. The van der Waals surface area contributed by atoms with Crippen LogP contribution in [0.15, 0.2) is 16.8 Å². The highest BCUT2D eigenvalue weighted by Crippen LogP contribution is 2.56. The summed E-state index contributed by atoms with van der Waals surface area (Å²) in [5, 5.41) is 7.72. The third-order valence-corrected chi connectivity index (χ3v) is 6.63. The van der Waals surface area contributed by atoms with E-state index in [1.807, 2.05) is 0 Å². The number of piperidine rings is 1. The minimum absolute atomic E-state index is 0.227. The number of ether oxygens (including phenoxy) is 1. The monoisotopic (exact) mass is 378 g/mol. The van der Waals surface area contributed by atoms with Crippen LogP contribution in [-0.4, -0.2) is 42.6 Å². The van der Waals surface area contributed by atoms with Crippen LogP contribution in [0, 0.1) is 11.3 Å². The van der Waals surface area contributed by atoms with E-state index in [0.29, 0.717) is 30.4 Å². The van der Waals surface area contributed by atoms with Crippen LogP contribution in [-0.2, 0) is 16.1 Å². The minimum Gasteiger partial charge on any atom is -0.378 e. The molecule has 4 nitrogen and oxygen atoms in total. The number of thiophene rings is 1. The lowest BCUT2D eigenvalue weighted by molar-refractivity contribution is -0.134. The highest BCUT2D eigenvalue weighted by molar-refractivity contribution is 7.07. The minimum atomic E-state index is 0.227. The molecular formula is C21H34N2O2S. The second-order valence-electron chi connectivity index (χ2n) is 8.55. The Kier molecular flexibility index (Phi) is 6.76. The molecule has 2 atom stereocenters. The first-order valence-corrected chi connectivity index (χ1v) is 11.1. The lowest BCUT2D eigenvalue weighted by Gasteiger charge is -2.30. The molecule has 1 aliphatic carbocycles. The van der Waals surface area contributed by atoms with Crippen molar-refractivity contribution < 1.29 is 9.53 Å². The molecule has 1 aromatic heterocycles. The zero-order valence-corrected chi connectivity index (χ0v) is 17.3. The van der Waals surface area contributed by atoms with Gasteiger partial charge < -0.3 is 15.0 Å². The van der Waals surface area contributed by atoms with Gasteiger partial charge in [0.2, 0.25) is 5.91 Å². The Morgan fingerprint density at radius 2 is 2.15 bits per heavy atom. The van der Waals surface area contributed by atoms with E-state index in [4.69, 9.17) is 4.74 Å². The van der Waals surface area contributed by atoms with Crippen LogP contribution < -0.4 is 5.32 Å². The van der Waals surface area contributed by atoms with Gasteiger partial charge in [0, 0.05) is 12.6 Å². The molecule has 1 aromatic rings. The van der Waals surface area contributed by atoms with Crippen LogP contribution in [0.25, 0.3) is 0 Å². The number of carbonyl (C=O) groups is 1. The van der Waals surface area contributed by atoms with E-state index in [-0.39, 0.29) is 12.0 Å². The summed E-state index contributed by atoms with van der Waals surface area (Å²) in [6.45, 7) is 9.99. The predicted molar refractivity (Wildman–Crippen MR) is 107 cm³/mol. The Labute approximate surface area is 162 Å². The molecule has 1 amide bonds.